The number of carbonyl (C=O) groups is 3. The highest BCUT2D eigenvalue weighted by molar-refractivity contribution is 5.92. The maximum atomic E-state index is 12.6. The Bertz CT molecular complexity index is 1180. The average Bonchev–Trinajstić information content (AvgIpc) is 2.91. The lowest BCUT2D eigenvalue weighted by molar-refractivity contribution is -0.137. The van der Waals surface area contributed by atoms with Crippen molar-refractivity contribution in [3.8, 4) is 22.6 Å². The Balaban J connectivity index is 1.54. The second-order valence-electron chi connectivity index (χ2n) is 8.15. The summed E-state index contributed by atoms with van der Waals surface area (Å²) < 4.78 is 16.0. The highest BCUT2D eigenvalue weighted by atomic mass is 16.5. The van der Waals surface area contributed by atoms with Crippen LogP contribution in [0.5, 0.6) is 11.5 Å². The Kier molecular flexibility index (Phi) is 10.0. The molecule has 0 radical (unpaired) electrons. The molecule has 0 aliphatic rings. The molecular formula is C30H30O6. The van der Waals surface area contributed by atoms with E-state index in [9.17, 15) is 14.4 Å². The molecule has 0 saturated carbocycles. The van der Waals surface area contributed by atoms with Crippen LogP contribution in [0.25, 0.3) is 11.1 Å². The van der Waals surface area contributed by atoms with E-state index in [4.69, 9.17) is 14.2 Å². The largest absolute Gasteiger partial charge is 0.494 e. The number of hydrogen-bond donors (Lipinski definition) is 0. The lowest BCUT2D eigenvalue weighted by Gasteiger charge is -2.10. The van der Waals surface area contributed by atoms with Crippen LogP contribution < -0.4 is 9.47 Å². The Hall–Kier alpha value is -4.19. The zero-order valence-electron chi connectivity index (χ0n) is 20.4. The molecular weight excluding hydrogens is 456 g/mol. The van der Waals surface area contributed by atoms with Gasteiger partial charge in [-0.2, -0.15) is 0 Å². The third-order valence-electron chi connectivity index (χ3n) is 5.47. The second-order valence-corrected chi connectivity index (χ2v) is 8.15. The van der Waals surface area contributed by atoms with E-state index in [0.717, 1.165) is 36.3 Å². The van der Waals surface area contributed by atoms with Crippen LogP contribution in [0, 0.1) is 0 Å². The number of rotatable bonds is 13. The summed E-state index contributed by atoms with van der Waals surface area (Å²) in [6, 6.07) is 19.8. The molecule has 186 valence electrons. The molecule has 0 N–H and O–H groups in total. The molecule has 3 aromatic carbocycles. The Morgan fingerprint density at radius 2 is 1.58 bits per heavy atom. The molecule has 0 atom stereocenters. The topological polar surface area (TPSA) is 78.9 Å². The molecule has 0 heterocycles. The number of unbranched alkanes of at least 4 members (excludes halogenated alkanes) is 1. The molecule has 0 aliphatic heterocycles. The van der Waals surface area contributed by atoms with Crippen LogP contribution in [0.15, 0.2) is 79.4 Å². The lowest BCUT2D eigenvalue weighted by Crippen LogP contribution is -2.09. The smallest absolute Gasteiger partial charge is 0.343 e. The summed E-state index contributed by atoms with van der Waals surface area (Å²) >= 11 is 0. The van der Waals surface area contributed by atoms with Crippen LogP contribution in [0.4, 0.5) is 0 Å². The Morgan fingerprint density at radius 1 is 0.889 bits per heavy atom. The van der Waals surface area contributed by atoms with Gasteiger partial charge in [-0.15, -0.1) is 0 Å². The molecule has 0 unspecified atom stereocenters. The van der Waals surface area contributed by atoms with E-state index in [0.29, 0.717) is 48.7 Å². The van der Waals surface area contributed by atoms with Gasteiger partial charge in [-0.25, -0.2) is 9.59 Å². The summed E-state index contributed by atoms with van der Waals surface area (Å²) in [6.07, 6.45) is 5.37. The minimum Gasteiger partial charge on any atom is -0.494 e. The first kappa shape index (κ1) is 26.4. The van der Waals surface area contributed by atoms with E-state index >= 15 is 0 Å². The third kappa shape index (κ3) is 7.67. The SMILES string of the molecule is C=CC(=O)OCCCCOc1ccc(C(=O)Oc2ccc(-c3ccc(CCC)cc3)c(C=O)c2)cc1. The van der Waals surface area contributed by atoms with E-state index in [1.165, 1.54) is 5.56 Å². The summed E-state index contributed by atoms with van der Waals surface area (Å²) in [6.45, 7) is 6.25. The number of hydrogen-bond acceptors (Lipinski definition) is 6. The lowest BCUT2D eigenvalue weighted by atomic mass is 9.98. The molecule has 0 bridgehead atoms. The average molecular weight is 487 g/mol. The summed E-state index contributed by atoms with van der Waals surface area (Å²) in [5, 5.41) is 0. The number of aryl methyl sites for hydroxylation is 1. The molecule has 6 nitrogen and oxygen atoms in total. The van der Waals surface area contributed by atoms with Crippen LogP contribution in [0.2, 0.25) is 0 Å². The second kappa shape index (κ2) is 13.6. The zero-order valence-corrected chi connectivity index (χ0v) is 20.4. The van der Waals surface area contributed by atoms with E-state index in [2.05, 4.69) is 25.6 Å². The van der Waals surface area contributed by atoms with Gasteiger partial charge in [-0.3, -0.25) is 4.79 Å². The highest BCUT2D eigenvalue weighted by Crippen LogP contribution is 2.27. The van der Waals surface area contributed by atoms with Crippen LogP contribution >= 0.6 is 0 Å². The van der Waals surface area contributed by atoms with Gasteiger partial charge in [0.05, 0.1) is 18.8 Å². The van der Waals surface area contributed by atoms with Gasteiger partial charge in [0.1, 0.15) is 11.5 Å². The van der Waals surface area contributed by atoms with E-state index in [1.54, 1.807) is 42.5 Å². The van der Waals surface area contributed by atoms with Gasteiger partial charge in [0.25, 0.3) is 0 Å². The number of benzene rings is 3. The van der Waals surface area contributed by atoms with Crippen molar-refractivity contribution in [2.24, 2.45) is 0 Å². The Labute approximate surface area is 211 Å². The number of carbonyl (C=O) groups excluding carboxylic acids is 3. The van der Waals surface area contributed by atoms with Gasteiger partial charge in [0.15, 0.2) is 6.29 Å². The van der Waals surface area contributed by atoms with Gasteiger partial charge >= 0.3 is 11.9 Å². The first-order valence-corrected chi connectivity index (χ1v) is 12.0. The first-order chi connectivity index (χ1) is 17.5. The quantitative estimate of drug-likeness (QED) is 0.0937. The van der Waals surface area contributed by atoms with Crippen molar-refractivity contribution in [3.05, 3.63) is 96.1 Å². The standard InChI is InChI=1S/C30H30O6/c1-3-7-22-8-10-23(11-9-22)28-17-16-27(20-25(28)21-31)36-30(33)24-12-14-26(15-13-24)34-18-5-6-19-35-29(32)4-2/h4,8-17,20-21H,2-3,5-7,18-19H2,1H3. The summed E-state index contributed by atoms with van der Waals surface area (Å²) in [5.74, 6) is -0.0500. The van der Waals surface area contributed by atoms with Crippen molar-refractivity contribution in [2.45, 2.75) is 32.6 Å². The van der Waals surface area contributed by atoms with Crippen molar-refractivity contribution in [2.75, 3.05) is 13.2 Å². The first-order valence-electron chi connectivity index (χ1n) is 12.0. The predicted octanol–water partition coefficient (Wildman–Crippen LogP) is 6.23. The molecule has 0 amide bonds. The Morgan fingerprint density at radius 3 is 2.25 bits per heavy atom. The fraction of sp³-hybridized carbons (Fsp3) is 0.233. The molecule has 6 heteroatoms. The molecule has 0 saturated heterocycles. The molecule has 0 aliphatic carbocycles. The van der Waals surface area contributed by atoms with Gasteiger partial charge < -0.3 is 14.2 Å². The van der Waals surface area contributed by atoms with Crippen LogP contribution in [0.1, 0.15) is 52.5 Å². The van der Waals surface area contributed by atoms with Crippen molar-refractivity contribution >= 4 is 18.2 Å². The zero-order chi connectivity index (χ0) is 25.8. The van der Waals surface area contributed by atoms with Gasteiger partial charge in [-0.05, 0) is 78.4 Å². The maximum absolute atomic E-state index is 12.6. The summed E-state index contributed by atoms with van der Waals surface area (Å²) in [5.41, 5.74) is 3.78. The molecule has 0 aromatic heterocycles. The summed E-state index contributed by atoms with van der Waals surface area (Å²) in [4.78, 5) is 35.3. The predicted molar refractivity (Wildman–Crippen MR) is 139 cm³/mol. The van der Waals surface area contributed by atoms with E-state index < -0.39 is 11.9 Å². The van der Waals surface area contributed by atoms with Crippen molar-refractivity contribution in [3.63, 3.8) is 0 Å². The minimum absolute atomic E-state index is 0.297. The monoisotopic (exact) mass is 486 g/mol. The third-order valence-corrected chi connectivity index (χ3v) is 5.47. The van der Waals surface area contributed by atoms with Crippen LogP contribution in [-0.2, 0) is 16.0 Å². The highest BCUT2D eigenvalue weighted by Gasteiger charge is 2.12. The van der Waals surface area contributed by atoms with Gasteiger partial charge in [0, 0.05) is 11.6 Å². The molecule has 36 heavy (non-hydrogen) atoms. The number of aldehydes is 1. The van der Waals surface area contributed by atoms with Crippen molar-refractivity contribution < 1.29 is 28.6 Å². The normalized spacial score (nSPS) is 10.4. The van der Waals surface area contributed by atoms with Crippen molar-refractivity contribution in [1.82, 2.24) is 0 Å². The fourth-order valence-corrected chi connectivity index (χ4v) is 3.58. The maximum Gasteiger partial charge on any atom is 0.343 e. The van der Waals surface area contributed by atoms with Gasteiger partial charge in [-0.1, -0.05) is 44.2 Å². The molecule has 0 spiro atoms. The van der Waals surface area contributed by atoms with Crippen LogP contribution in [-0.4, -0.2) is 31.4 Å². The van der Waals surface area contributed by atoms with E-state index in [-0.39, 0.29) is 0 Å². The molecule has 3 rings (SSSR count). The van der Waals surface area contributed by atoms with Gasteiger partial charge in [0.2, 0.25) is 0 Å². The minimum atomic E-state index is -0.529. The molecule has 3 aromatic rings. The van der Waals surface area contributed by atoms with Crippen molar-refractivity contribution in [1.29, 1.82) is 0 Å². The fourth-order valence-electron chi connectivity index (χ4n) is 3.58. The molecule has 0 fully saturated rings. The number of ether oxygens (including phenoxy) is 3. The van der Waals surface area contributed by atoms with Crippen LogP contribution in [0.3, 0.4) is 0 Å². The van der Waals surface area contributed by atoms with E-state index in [1.807, 2.05) is 12.1 Å². The number of esters is 2. The summed E-state index contributed by atoms with van der Waals surface area (Å²) in [7, 11) is 0.